The molecule has 0 saturated heterocycles. The lowest BCUT2D eigenvalue weighted by atomic mass is 9.93. The summed E-state index contributed by atoms with van der Waals surface area (Å²) in [7, 11) is 1.24. The van der Waals surface area contributed by atoms with Crippen LogP contribution in [0.2, 0.25) is 0 Å². The summed E-state index contributed by atoms with van der Waals surface area (Å²) in [6.45, 7) is 3.35. The van der Waals surface area contributed by atoms with Crippen molar-refractivity contribution in [2.45, 2.75) is 81.1 Å². The van der Waals surface area contributed by atoms with E-state index in [1.165, 1.54) is 44.0 Å². The highest BCUT2D eigenvalue weighted by Crippen LogP contribution is 2.39. The molecule has 1 aliphatic carbocycles. The molecule has 3 atom stereocenters. The van der Waals surface area contributed by atoms with Gasteiger partial charge < -0.3 is 19.7 Å². The van der Waals surface area contributed by atoms with Crippen LogP contribution in [0, 0.1) is 5.82 Å². The molecule has 9 heteroatoms. The Morgan fingerprint density at radius 3 is 2.54 bits per heavy atom. The average Bonchev–Trinajstić information content (AvgIpc) is 2.87. The topological polar surface area (TPSA) is 110 Å². The number of carbonyl (C=O) groups is 3. The summed E-state index contributed by atoms with van der Waals surface area (Å²) in [5, 5.41) is 21.4. The van der Waals surface area contributed by atoms with Crippen molar-refractivity contribution < 1.29 is 38.5 Å². The van der Waals surface area contributed by atoms with Gasteiger partial charge in [0.05, 0.1) is 19.1 Å². The fourth-order valence-corrected chi connectivity index (χ4v) is 5.66. The van der Waals surface area contributed by atoms with Crippen LogP contribution in [0.4, 0.5) is 4.39 Å². The van der Waals surface area contributed by atoms with E-state index in [-0.39, 0.29) is 46.5 Å². The van der Waals surface area contributed by atoms with E-state index in [4.69, 9.17) is 4.74 Å². The highest BCUT2D eigenvalue weighted by molar-refractivity contribution is 8.00. The van der Waals surface area contributed by atoms with Gasteiger partial charge >= 0.3 is 5.97 Å². The van der Waals surface area contributed by atoms with Gasteiger partial charge in [-0.25, -0.2) is 4.39 Å². The molecule has 0 bridgehead atoms. The van der Waals surface area contributed by atoms with Crippen molar-refractivity contribution in [1.29, 1.82) is 0 Å². The molecule has 0 unspecified atom stereocenters. The van der Waals surface area contributed by atoms with E-state index < -0.39 is 24.0 Å². The van der Waals surface area contributed by atoms with Crippen LogP contribution in [0.1, 0.15) is 78.7 Å². The smallest absolute Gasteiger partial charge is 0.305 e. The van der Waals surface area contributed by atoms with Crippen molar-refractivity contribution >= 4 is 29.3 Å². The fourth-order valence-electron chi connectivity index (χ4n) is 4.42. The highest BCUT2D eigenvalue weighted by Gasteiger charge is 2.35. The molecule has 1 saturated carbocycles. The lowest BCUT2D eigenvalue weighted by molar-refractivity contribution is -0.140. The van der Waals surface area contributed by atoms with Gasteiger partial charge in [-0.1, -0.05) is 19.4 Å². The van der Waals surface area contributed by atoms with E-state index in [9.17, 15) is 29.0 Å². The molecule has 0 amide bonds. The molecule has 2 aromatic rings. The number of ether oxygens (including phenoxy) is 2. The minimum Gasteiger partial charge on any atom is -0.507 e. The summed E-state index contributed by atoms with van der Waals surface area (Å²) >= 11 is 1.20. The number of hydrogen-bond donors (Lipinski definition) is 2. The summed E-state index contributed by atoms with van der Waals surface area (Å²) in [6, 6.07) is 7.37. The van der Waals surface area contributed by atoms with Gasteiger partial charge in [-0.15, -0.1) is 11.8 Å². The van der Waals surface area contributed by atoms with E-state index in [2.05, 4.69) is 4.74 Å². The Kier molecular flexibility index (Phi) is 10.1. The number of esters is 1. The molecule has 1 aliphatic rings. The SMILES string of the molecule is CCCc1c(O[C@@H]2CCC[C@@H](Sc3ccc(C(=O)CCC(=O)OC)cc3F)[C@@H]2O)ccc(C(C)=O)c1O. The summed E-state index contributed by atoms with van der Waals surface area (Å²) in [5.41, 5.74) is 0.945. The lowest BCUT2D eigenvalue weighted by Gasteiger charge is -2.35. The van der Waals surface area contributed by atoms with Crippen molar-refractivity contribution in [1.82, 2.24) is 0 Å². The molecule has 0 radical (unpaired) electrons. The van der Waals surface area contributed by atoms with Crippen LogP contribution in [0.3, 0.4) is 0 Å². The van der Waals surface area contributed by atoms with Crippen LogP contribution in [0.15, 0.2) is 35.2 Å². The van der Waals surface area contributed by atoms with Gasteiger partial charge in [0.25, 0.3) is 0 Å². The summed E-state index contributed by atoms with van der Waals surface area (Å²) in [5.74, 6) is -1.33. The van der Waals surface area contributed by atoms with E-state index in [1.54, 1.807) is 6.07 Å². The maximum absolute atomic E-state index is 14.9. The normalized spacial score (nSPS) is 19.3. The fraction of sp³-hybridized carbons (Fsp3) is 0.464. The number of aliphatic hydroxyl groups is 1. The number of benzene rings is 2. The first-order chi connectivity index (χ1) is 17.7. The minimum absolute atomic E-state index is 0.0675. The molecule has 0 aliphatic heterocycles. The van der Waals surface area contributed by atoms with Crippen LogP contribution in [-0.4, -0.2) is 52.3 Å². The van der Waals surface area contributed by atoms with Gasteiger partial charge in [-0.05, 0) is 56.9 Å². The van der Waals surface area contributed by atoms with Crippen LogP contribution in [-0.2, 0) is 16.0 Å². The summed E-state index contributed by atoms with van der Waals surface area (Å²) in [4.78, 5) is 35.7. The highest BCUT2D eigenvalue weighted by atomic mass is 32.2. The van der Waals surface area contributed by atoms with Crippen LogP contribution < -0.4 is 4.74 Å². The third-order valence-electron chi connectivity index (χ3n) is 6.45. The quantitative estimate of drug-likeness (QED) is 0.297. The van der Waals surface area contributed by atoms with Crippen molar-refractivity contribution in [2.75, 3.05) is 7.11 Å². The molecular formula is C28H33FO7S. The Bertz CT molecular complexity index is 1150. The van der Waals surface area contributed by atoms with Crippen molar-refractivity contribution in [2.24, 2.45) is 0 Å². The Morgan fingerprint density at radius 1 is 1.14 bits per heavy atom. The van der Waals surface area contributed by atoms with Gasteiger partial charge in [0.2, 0.25) is 0 Å². The van der Waals surface area contributed by atoms with E-state index in [0.29, 0.717) is 35.5 Å². The molecule has 37 heavy (non-hydrogen) atoms. The molecule has 2 N–H and O–H groups in total. The zero-order chi connectivity index (χ0) is 27.1. The van der Waals surface area contributed by atoms with Gasteiger partial charge in [0.15, 0.2) is 11.6 Å². The maximum Gasteiger partial charge on any atom is 0.305 e. The number of thioether (sulfide) groups is 1. The molecule has 0 aromatic heterocycles. The molecule has 1 fully saturated rings. The number of phenolic OH excluding ortho intramolecular Hbond substituents is 1. The number of ketones is 2. The lowest BCUT2D eigenvalue weighted by Crippen LogP contribution is -2.43. The first-order valence-corrected chi connectivity index (χ1v) is 13.3. The first kappa shape index (κ1) is 28.7. The molecule has 2 aromatic carbocycles. The van der Waals surface area contributed by atoms with Gasteiger partial charge in [-0.3, -0.25) is 14.4 Å². The number of halogens is 1. The number of methoxy groups -OCH3 is 1. The largest absolute Gasteiger partial charge is 0.507 e. The predicted molar refractivity (Wildman–Crippen MR) is 138 cm³/mol. The second-order valence-corrected chi connectivity index (χ2v) is 10.4. The standard InChI is InChI=1S/C28H33FO7S/c1-4-6-19-22(12-10-18(16(2)30)27(19)33)36-23-7-5-8-25(28(23)34)37-24-13-9-17(15-20(24)29)21(31)11-14-26(32)35-3/h9-10,12-13,15,23,25,28,33-34H,4-8,11,14H2,1-3H3/t23-,25-,28-/m1/s1. The molecule has 7 nitrogen and oxygen atoms in total. The molecular weight excluding hydrogens is 499 g/mol. The van der Waals surface area contributed by atoms with Crippen molar-refractivity contribution in [3.63, 3.8) is 0 Å². The predicted octanol–water partition coefficient (Wildman–Crippen LogP) is 5.28. The number of phenols is 1. The summed E-state index contributed by atoms with van der Waals surface area (Å²) < 4.78 is 25.5. The number of carbonyl (C=O) groups excluding carboxylic acids is 3. The second kappa shape index (κ2) is 13.1. The van der Waals surface area contributed by atoms with E-state index in [0.717, 1.165) is 18.9 Å². The van der Waals surface area contributed by atoms with Gasteiger partial charge in [0, 0.05) is 27.7 Å². The zero-order valence-electron chi connectivity index (χ0n) is 21.3. The third-order valence-corrected chi connectivity index (χ3v) is 7.85. The number of rotatable bonds is 11. The first-order valence-electron chi connectivity index (χ1n) is 12.4. The van der Waals surface area contributed by atoms with E-state index >= 15 is 0 Å². The summed E-state index contributed by atoms with van der Waals surface area (Å²) in [6.07, 6.45) is 1.65. The molecule has 200 valence electrons. The maximum atomic E-state index is 14.9. The van der Waals surface area contributed by atoms with Crippen molar-refractivity contribution in [3.8, 4) is 11.5 Å². The van der Waals surface area contributed by atoms with E-state index in [1.807, 2.05) is 6.92 Å². The van der Waals surface area contributed by atoms with Crippen LogP contribution in [0.25, 0.3) is 0 Å². The second-order valence-electron chi connectivity index (χ2n) is 9.12. The minimum atomic E-state index is -0.899. The van der Waals surface area contributed by atoms with Gasteiger partial charge in [-0.2, -0.15) is 0 Å². The number of aliphatic hydroxyl groups excluding tert-OH is 1. The zero-order valence-corrected chi connectivity index (χ0v) is 22.1. The number of Topliss-reactive ketones (excluding diaryl/α,β-unsaturated/α-hetero) is 2. The Morgan fingerprint density at radius 2 is 1.89 bits per heavy atom. The Labute approximate surface area is 220 Å². The number of hydrogen-bond acceptors (Lipinski definition) is 8. The Hall–Kier alpha value is -2.91. The third kappa shape index (κ3) is 7.11. The Balaban J connectivity index is 1.71. The average molecular weight is 533 g/mol. The molecule has 0 spiro atoms. The molecule has 3 rings (SSSR count). The number of aromatic hydroxyl groups is 1. The van der Waals surface area contributed by atoms with Crippen LogP contribution >= 0.6 is 11.8 Å². The molecule has 0 heterocycles. The van der Waals surface area contributed by atoms with Crippen LogP contribution in [0.5, 0.6) is 11.5 Å². The van der Waals surface area contributed by atoms with Crippen molar-refractivity contribution in [3.05, 3.63) is 52.8 Å². The monoisotopic (exact) mass is 532 g/mol. The van der Waals surface area contributed by atoms with Gasteiger partial charge in [0.1, 0.15) is 29.5 Å².